The summed E-state index contributed by atoms with van der Waals surface area (Å²) in [4.78, 5) is 11.7. The van der Waals surface area contributed by atoms with Gasteiger partial charge in [-0.3, -0.25) is 4.79 Å². The second-order valence-corrected chi connectivity index (χ2v) is 3.90. The van der Waals surface area contributed by atoms with Crippen molar-refractivity contribution in [3.8, 4) is 0 Å². The predicted octanol–water partition coefficient (Wildman–Crippen LogP) is 1.57. The number of hydrogen-bond donors (Lipinski definition) is 2. The van der Waals surface area contributed by atoms with Gasteiger partial charge in [-0.25, -0.2) is 0 Å². The van der Waals surface area contributed by atoms with Crippen LogP contribution in [0.5, 0.6) is 0 Å². The Kier molecular flexibility index (Phi) is 3.59. The number of allylic oxidation sites excluding steroid dienone is 1. The summed E-state index contributed by atoms with van der Waals surface area (Å²) < 4.78 is 0. The fourth-order valence-corrected chi connectivity index (χ4v) is 1.71. The van der Waals surface area contributed by atoms with Crippen molar-refractivity contribution in [2.45, 2.75) is 19.3 Å². The van der Waals surface area contributed by atoms with Gasteiger partial charge in [-0.2, -0.15) is 0 Å². The topological polar surface area (TPSA) is 41.1 Å². The van der Waals surface area contributed by atoms with Crippen LogP contribution >= 0.6 is 0 Å². The van der Waals surface area contributed by atoms with E-state index in [4.69, 9.17) is 0 Å². The normalized spacial score (nSPS) is 14.9. The molecule has 0 radical (unpaired) electrons. The van der Waals surface area contributed by atoms with Crippen molar-refractivity contribution >= 4 is 5.91 Å². The van der Waals surface area contributed by atoms with Gasteiger partial charge in [0.25, 0.3) is 0 Å². The van der Waals surface area contributed by atoms with Gasteiger partial charge >= 0.3 is 0 Å². The second kappa shape index (κ2) is 5.35. The molecular formula is C13H16N2O. The molecule has 0 aliphatic carbocycles. The fourth-order valence-electron chi connectivity index (χ4n) is 1.71. The van der Waals surface area contributed by atoms with E-state index >= 15 is 0 Å². The van der Waals surface area contributed by atoms with Crippen LogP contribution in [0.1, 0.15) is 18.4 Å². The fraction of sp³-hybridized carbons (Fsp3) is 0.308. The van der Waals surface area contributed by atoms with Gasteiger partial charge in [0.05, 0.1) is 6.42 Å². The molecule has 3 heteroatoms. The molecule has 3 nitrogen and oxygen atoms in total. The van der Waals surface area contributed by atoms with Gasteiger partial charge in [-0.1, -0.05) is 30.3 Å². The van der Waals surface area contributed by atoms with E-state index in [2.05, 4.69) is 10.6 Å². The van der Waals surface area contributed by atoms with E-state index in [1.807, 2.05) is 36.4 Å². The number of carbonyl (C=O) groups excluding carboxylic acids is 1. The minimum Gasteiger partial charge on any atom is -0.372 e. The molecule has 1 heterocycles. The van der Waals surface area contributed by atoms with Gasteiger partial charge in [0.2, 0.25) is 5.91 Å². The number of carbonyl (C=O) groups is 1. The summed E-state index contributed by atoms with van der Waals surface area (Å²) in [5.74, 6) is 0.888. The monoisotopic (exact) mass is 216 g/mol. The summed E-state index contributed by atoms with van der Waals surface area (Å²) in [7, 11) is 0. The lowest BCUT2D eigenvalue weighted by Gasteiger charge is -2.16. The molecule has 2 N–H and O–H groups in total. The van der Waals surface area contributed by atoms with Crippen molar-refractivity contribution in [3.05, 3.63) is 47.8 Å². The van der Waals surface area contributed by atoms with Crippen molar-refractivity contribution in [1.82, 2.24) is 10.6 Å². The third kappa shape index (κ3) is 3.12. The number of nitrogens with one attached hydrogen (secondary N) is 2. The number of amides is 1. The molecule has 0 atom stereocenters. The maximum atomic E-state index is 11.7. The third-order valence-corrected chi connectivity index (χ3v) is 2.53. The Morgan fingerprint density at radius 1 is 1.31 bits per heavy atom. The first-order chi connectivity index (χ1) is 7.84. The molecule has 0 aromatic heterocycles. The zero-order chi connectivity index (χ0) is 11.2. The molecule has 0 unspecified atom stereocenters. The van der Waals surface area contributed by atoms with Crippen molar-refractivity contribution in [3.63, 3.8) is 0 Å². The molecule has 0 bridgehead atoms. The summed E-state index contributed by atoms with van der Waals surface area (Å²) >= 11 is 0. The van der Waals surface area contributed by atoms with E-state index < -0.39 is 0 Å². The molecule has 0 saturated carbocycles. The molecule has 1 amide bonds. The van der Waals surface area contributed by atoms with Crippen molar-refractivity contribution in [2.24, 2.45) is 0 Å². The van der Waals surface area contributed by atoms with Gasteiger partial charge in [0.15, 0.2) is 0 Å². The lowest BCUT2D eigenvalue weighted by atomic mass is 10.1. The Balaban J connectivity index is 1.87. The smallest absolute Gasteiger partial charge is 0.229 e. The highest BCUT2D eigenvalue weighted by atomic mass is 16.1. The van der Waals surface area contributed by atoms with Crippen LogP contribution < -0.4 is 10.6 Å². The average Bonchev–Trinajstić information content (AvgIpc) is 2.31. The van der Waals surface area contributed by atoms with Gasteiger partial charge in [0.1, 0.15) is 5.82 Å². The molecule has 1 aliphatic rings. The Hall–Kier alpha value is -1.77. The Bertz CT molecular complexity index is 384. The largest absolute Gasteiger partial charge is 0.372 e. The minimum absolute atomic E-state index is 0.0341. The minimum atomic E-state index is 0.0341. The van der Waals surface area contributed by atoms with E-state index in [0.717, 1.165) is 30.8 Å². The zero-order valence-corrected chi connectivity index (χ0v) is 9.20. The summed E-state index contributed by atoms with van der Waals surface area (Å²) in [5, 5.41) is 6.04. The quantitative estimate of drug-likeness (QED) is 0.805. The first-order valence-electron chi connectivity index (χ1n) is 5.62. The van der Waals surface area contributed by atoms with Crippen molar-refractivity contribution in [1.29, 1.82) is 0 Å². The van der Waals surface area contributed by atoms with E-state index in [9.17, 15) is 4.79 Å². The highest BCUT2D eigenvalue weighted by molar-refractivity contribution is 5.80. The molecule has 1 aliphatic heterocycles. The second-order valence-electron chi connectivity index (χ2n) is 3.90. The van der Waals surface area contributed by atoms with Crippen molar-refractivity contribution < 1.29 is 4.79 Å². The molecule has 0 saturated heterocycles. The molecule has 0 fully saturated rings. The standard InChI is InChI=1S/C13H16N2O/c16-13(10-11-6-2-1-3-7-11)15-12-8-4-5-9-14-12/h1-3,6-8,14H,4-5,9-10H2,(H,15,16). The Morgan fingerprint density at radius 3 is 2.81 bits per heavy atom. The Morgan fingerprint density at radius 2 is 2.12 bits per heavy atom. The maximum absolute atomic E-state index is 11.7. The van der Waals surface area contributed by atoms with Crippen LogP contribution in [0.3, 0.4) is 0 Å². The molecule has 0 spiro atoms. The summed E-state index contributed by atoms with van der Waals surface area (Å²) in [6.45, 7) is 0.942. The molecule has 1 aromatic rings. The van der Waals surface area contributed by atoms with Crippen molar-refractivity contribution in [2.75, 3.05) is 6.54 Å². The van der Waals surface area contributed by atoms with E-state index in [1.165, 1.54) is 0 Å². The van der Waals surface area contributed by atoms with Gasteiger partial charge in [-0.05, 0) is 24.5 Å². The van der Waals surface area contributed by atoms with E-state index in [1.54, 1.807) is 0 Å². The van der Waals surface area contributed by atoms with Crippen LogP contribution in [0.25, 0.3) is 0 Å². The first kappa shape index (κ1) is 10.7. The predicted molar refractivity (Wildman–Crippen MR) is 63.6 cm³/mol. The molecule has 2 rings (SSSR count). The molecule has 84 valence electrons. The molecule has 1 aromatic carbocycles. The SMILES string of the molecule is O=C(Cc1ccccc1)NC1=CCCCN1. The highest BCUT2D eigenvalue weighted by Gasteiger charge is 2.07. The molecular weight excluding hydrogens is 200 g/mol. The van der Waals surface area contributed by atoms with E-state index in [-0.39, 0.29) is 5.91 Å². The first-order valence-corrected chi connectivity index (χ1v) is 5.62. The molecule has 16 heavy (non-hydrogen) atoms. The maximum Gasteiger partial charge on any atom is 0.229 e. The number of benzene rings is 1. The highest BCUT2D eigenvalue weighted by Crippen LogP contribution is 2.02. The van der Waals surface area contributed by atoms with Gasteiger partial charge in [-0.15, -0.1) is 0 Å². The number of hydrogen-bond acceptors (Lipinski definition) is 2. The number of rotatable bonds is 3. The summed E-state index contributed by atoms with van der Waals surface area (Å²) in [6.07, 6.45) is 4.64. The third-order valence-electron chi connectivity index (χ3n) is 2.53. The van der Waals surface area contributed by atoms with Crippen LogP contribution in [-0.2, 0) is 11.2 Å². The van der Waals surface area contributed by atoms with E-state index in [0.29, 0.717) is 6.42 Å². The van der Waals surface area contributed by atoms with Crippen LogP contribution in [-0.4, -0.2) is 12.5 Å². The lowest BCUT2D eigenvalue weighted by Crippen LogP contribution is -2.34. The van der Waals surface area contributed by atoms with Gasteiger partial charge < -0.3 is 10.6 Å². The van der Waals surface area contributed by atoms with Gasteiger partial charge in [0, 0.05) is 6.54 Å². The van der Waals surface area contributed by atoms with Crippen LogP contribution in [0, 0.1) is 0 Å². The Labute approximate surface area is 95.6 Å². The zero-order valence-electron chi connectivity index (χ0n) is 9.20. The summed E-state index contributed by atoms with van der Waals surface area (Å²) in [6, 6.07) is 9.76. The van der Waals surface area contributed by atoms with Crippen LogP contribution in [0.2, 0.25) is 0 Å². The lowest BCUT2D eigenvalue weighted by molar-refractivity contribution is -0.119. The average molecular weight is 216 g/mol. The van der Waals surface area contributed by atoms with Crippen LogP contribution in [0.15, 0.2) is 42.2 Å². The van der Waals surface area contributed by atoms with Crippen LogP contribution in [0.4, 0.5) is 0 Å². The summed E-state index contributed by atoms with van der Waals surface area (Å²) in [5.41, 5.74) is 1.04.